The second-order valence-corrected chi connectivity index (χ2v) is 6.05. The summed E-state index contributed by atoms with van der Waals surface area (Å²) in [5, 5.41) is 3.08. The van der Waals surface area contributed by atoms with Gasteiger partial charge in [0.2, 0.25) is 0 Å². The molecule has 5 nitrogen and oxygen atoms in total. The first kappa shape index (κ1) is 18.6. The van der Waals surface area contributed by atoms with Crippen LogP contribution in [0.2, 0.25) is 0 Å². The Morgan fingerprint density at radius 1 is 1.25 bits per heavy atom. The van der Waals surface area contributed by atoms with E-state index in [2.05, 4.69) is 10.1 Å². The van der Waals surface area contributed by atoms with Gasteiger partial charge in [0.1, 0.15) is 11.6 Å². The van der Waals surface area contributed by atoms with Gasteiger partial charge in [-0.2, -0.15) is 0 Å². The number of rotatable bonds is 7. The minimum atomic E-state index is -0.504. The number of methoxy groups -OCH3 is 1. The van der Waals surface area contributed by atoms with E-state index in [0.29, 0.717) is 18.9 Å². The maximum atomic E-state index is 12.1. The van der Waals surface area contributed by atoms with Crippen molar-refractivity contribution in [3.8, 4) is 0 Å². The average Bonchev–Trinajstić information content (AvgIpc) is 2.29. The monoisotopic (exact) mass is 285 g/mol. The van der Waals surface area contributed by atoms with Gasteiger partial charge in [-0.3, -0.25) is 4.79 Å². The second kappa shape index (κ2) is 8.74. The van der Waals surface area contributed by atoms with Crippen LogP contribution in [-0.2, 0) is 19.1 Å². The quantitative estimate of drug-likeness (QED) is 0.573. The van der Waals surface area contributed by atoms with Crippen molar-refractivity contribution in [3.63, 3.8) is 0 Å². The number of esters is 2. The predicted octanol–water partition coefficient (Wildman–Crippen LogP) is 2.06. The first-order valence-electron chi connectivity index (χ1n) is 6.86. The molecule has 0 saturated carbocycles. The zero-order chi connectivity index (χ0) is 15.8. The van der Waals surface area contributed by atoms with Gasteiger partial charge in [0, 0.05) is 12.6 Å². The molecule has 1 N–H and O–H groups in total. The Morgan fingerprint density at radius 2 is 1.85 bits per heavy atom. The van der Waals surface area contributed by atoms with Crippen LogP contribution in [0.1, 0.15) is 41.0 Å². The molecule has 0 saturated heterocycles. The molecule has 0 aromatic heterocycles. The summed E-state index contributed by atoms with van der Waals surface area (Å²) in [7, 11) is 1.32. The summed E-state index contributed by atoms with van der Waals surface area (Å²) in [6, 6.07) is -0.378. The molecule has 0 heterocycles. The van der Waals surface area contributed by atoms with Gasteiger partial charge in [-0.05, 0) is 33.1 Å². The molecule has 0 aromatic carbocycles. The van der Waals surface area contributed by atoms with Crippen LogP contribution in [0.15, 0.2) is 12.2 Å². The molecule has 0 rings (SSSR count). The molecule has 5 heteroatoms. The Bertz CT molecular complexity index is 342. The Hall–Kier alpha value is -1.36. The molecule has 0 radical (unpaired) electrons. The van der Waals surface area contributed by atoms with Gasteiger partial charge in [-0.1, -0.05) is 19.9 Å². The number of hydrogen-bond acceptors (Lipinski definition) is 5. The van der Waals surface area contributed by atoms with Gasteiger partial charge in [-0.15, -0.1) is 0 Å². The summed E-state index contributed by atoms with van der Waals surface area (Å²) >= 11 is 0. The fourth-order valence-corrected chi connectivity index (χ4v) is 1.54. The fourth-order valence-electron chi connectivity index (χ4n) is 1.54. The molecule has 0 amide bonds. The number of ether oxygens (including phenoxy) is 2. The Labute approximate surface area is 121 Å². The van der Waals surface area contributed by atoms with Gasteiger partial charge >= 0.3 is 11.9 Å². The molecular weight excluding hydrogens is 258 g/mol. The summed E-state index contributed by atoms with van der Waals surface area (Å²) in [5.74, 6) is -0.313. The third-order valence-electron chi connectivity index (χ3n) is 2.34. The first-order chi connectivity index (χ1) is 9.15. The van der Waals surface area contributed by atoms with Crippen molar-refractivity contribution in [1.82, 2.24) is 5.32 Å². The predicted molar refractivity (Wildman–Crippen MR) is 78.2 cm³/mol. The number of hydrogen-bond donors (Lipinski definition) is 1. The zero-order valence-electron chi connectivity index (χ0n) is 13.4. The van der Waals surface area contributed by atoms with Crippen molar-refractivity contribution in [2.24, 2.45) is 5.92 Å². The number of nitrogens with one attached hydrogen (secondary N) is 1. The van der Waals surface area contributed by atoms with Gasteiger partial charge in [0.25, 0.3) is 0 Å². The SMILES string of the molecule is COC(=O)C=CCN[C@H](CC(C)C)C(=O)OC(C)(C)C. The molecule has 0 fully saturated rings. The normalized spacial score (nSPS) is 13.6. The fraction of sp³-hybridized carbons (Fsp3) is 0.733. The lowest BCUT2D eigenvalue weighted by Gasteiger charge is -2.25. The molecule has 0 aliphatic rings. The summed E-state index contributed by atoms with van der Waals surface area (Å²) < 4.78 is 9.87. The minimum absolute atomic E-state index is 0.266. The van der Waals surface area contributed by atoms with Gasteiger partial charge in [-0.25, -0.2) is 4.79 Å². The molecular formula is C15H27NO4. The van der Waals surface area contributed by atoms with Crippen LogP contribution in [-0.4, -0.2) is 37.2 Å². The molecule has 20 heavy (non-hydrogen) atoms. The maximum Gasteiger partial charge on any atom is 0.330 e. The second-order valence-electron chi connectivity index (χ2n) is 6.05. The highest BCUT2D eigenvalue weighted by molar-refractivity contribution is 5.81. The zero-order valence-corrected chi connectivity index (χ0v) is 13.4. The highest BCUT2D eigenvalue weighted by atomic mass is 16.6. The van der Waals surface area contributed by atoms with E-state index in [-0.39, 0.29) is 12.0 Å². The summed E-state index contributed by atoms with van der Waals surface area (Å²) in [4.78, 5) is 23.0. The standard InChI is InChI=1S/C15H27NO4/c1-11(2)10-12(14(18)20-15(3,4)5)16-9-7-8-13(17)19-6/h7-8,11-12,16H,9-10H2,1-6H3/t12-/m1/s1. The molecule has 0 aliphatic carbocycles. The van der Waals surface area contributed by atoms with Crippen LogP contribution >= 0.6 is 0 Å². The van der Waals surface area contributed by atoms with Gasteiger partial charge in [0.15, 0.2) is 0 Å². The molecule has 0 aromatic rings. The number of carbonyl (C=O) groups is 2. The lowest BCUT2D eigenvalue weighted by atomic mass is 10.0. The molecule has 116 valence electrons. The number of carbonyl (C=O) groups excluding carboxylic acids is 2. The van der Waals surface area contributed by atoms with Gasteiger partial charge in [0.05, 0.1) is 7.11 Å². The average molecular weight is 285 g/mol. The van der Waals surface area contributed by atoms with Gasteiger partial charge < -0.3 is 14.8 Å². The van der Waals surface area contributed by atoms with E-state index < -0.39 is 11.6 Å². The molecule has 0 unspecified atom stereocenters. The highest BCUT2D eigenvalue weighted by Crippen LogP contribution is 2.12. The Kier molecular flexibility index (Phi) is 8.15. The molecule has 0 bridgehead atoms. The van der Waals surface area contributed by atoms with Crippen molar-refractivity contribution in [3.05, 3.63) is 12.2 Å². The van der Waals surface area contributed by atoms with Crippen molar-refractivity contribution in [2.75, 3.05) is 13.7 Å². The van der Waals surface area contributed by atoms with Crippen molar-refractivity contribution < 1.29 is 19.1 Å². The van der Waals surface area contributed by atoms with E-state index in [9.17, 15) is 9.59 Å². The maximum absolute atomic E-state index is 12.1. The van der Waals surface area contributed by atoms with E-state index >= 15 is 0 Å². The van der Waals surface area contributed by atoms with Crippen LogP contribution in [0.3, 0.4) is 0 Å². The molecule has 1 atom stereocenters. The van der Waals surface area contributed by atoms with E-state index in [1.807, 2.05) is 34.6 Å². The smallest absolute Gasteiger partial charge is 0.330 e. The van der Waals surface area contributed by atoms with E-state index in [4.69, 9.17) is 4.74 Å². The van der Waals surface area contributed by atoms with Crippen LogP contribution in [0, 0.1) is 5.92 Å². The van der Waals surface area contributed by atoms with Crippen molar-refractivity contribution in [2.45, 2.75) is 52.7 Å². The summed E-state index contributed by atoms with van der Waals surface area (Å²) in [5.41, 5.74) is -0.504. The van der Waals surface area contributed by atoms with Crippen LogP contribution in [0.25, 0.3) is 0 Å². The van der Waals surface area contributed by atoms with Crippen LogP contribution in [0.4, 0.5) is 0 Å². The lowest BCUT2D eigenvalue weighted by molar-refractivity contribution is -0.157. The summed E-state index contributed by atoms with van der Waals surface area (Å²) in [6.07, 6.45) is 3.64. The Morgan fingerprint density at radius 3 is 2.30 bits per heavy atom. The third kappa shape index (κ3) is 9.55. The van der Waals surface area contributed by atoms with Crippen molar-refractivity contribution >= 4 is 11.9 Å². The first-order valence-corrected chi connectivity index (χ1v) is 6.86. The Balaban J connectivity index is 4.46. The van der Waals surface area contributed by atoms with E-state index in [1.54, 1.807) is 6.08 Å². The van der Waals surface area contributed by atoms with E-state index in [0.717, 1.165) is 0 Å². The summed E-state index contributed by atoms with van der Waals surface area (Å²) in [6.45, 7) is 10.0. The molecule has 0 spiro atoms. The van der Waals surface area contributed by atoms with Crippen LogP contribution in [0.5, 0.6) is 0 Å². The topological polar surface area (TPSA) is 64.6 Å². The molecule has 0 aliphatic heterocycles. The minimum Gasteiger partial charge on any atom is -0.466 e. The highest BCUT2D eigenvalue weighted by Gasteiger charge is 2.25. The van der Waals surface area contributed by atoms with E-state index in [1.165, 1.54) is 13.2 Å². The van der Waals surface area contributed by atoms with Crippen molar-refractivity contribution in [1.29, 1.82) is 0 Å². The largest absolute Gasteiger partial charge is 0.466 e. The van der Waals surface area contributed by atoms with Crippen LogP contribution < -0.4 is 5.32 Å². The lowest BCUT2D eigenvalue weighted by Crippen LogP contribution is -2.42. The third-order valence-corrected chi connectivity index (χ3v) is 2.34.